The van der Waals surface area contributed by atoms with Gasteiger partial charge in [-0.1, -0.05) is 23.7 Å². The van der Waals surface area contributed by atoms with Crippen LogP contribution >= 0.6 is 11.6 Å². The number of aromatic carboxylic acids is 1. The molecule has 0 amide bonds. The predicted octanol–water partition coefficient (Wildman–Crippen LogP) is 3.98. The minimum Gasteiger partial charge on any atom is -0.478 e. The van der Waals surface area contributed by atoms with Gasteiger partial charge in [0, 0.05) is 10.6 Å². The topological polar surface area (TPSA) is 37.3 Å². The van der Waals surface area contributed by atoms with Gasteiger partial charge < -0.3 is 5.11 Å². The molecule has 2 aromatic rings. The van der Waals surface area contributed by atoms with Gasteiger partial charge in [-0.25, -0.2) is 13.6 Å². The molecule has 0 aromatic heterocycles. The van der Waals surface area contributed by atoms with Crippen LogP contribution in [0.2, 0.25) is 5.02 Å². The molecule has 0 bridgehead atoms. The smallest absolute Gasteiger partial charge is 0.336 e. The molecule has 0 spiro atoms. The average Bonchev–Trinajstić information content (AvgIpc) is 2.30. The van der Waals surface area contributed by atoms with Crippen molar-refractivity contribution in [2.75, 3.05) is 0 Å². The third-order valence-electron chi connectivity index (χ3n) is 2.44. The van der Waals surface area contributed by atoms with Gasteiger partial charge in [0.2, 0.25) is 0 Å². The van der Waals surface area contributed by atoms with Crippen LogP contribution in [0.5, 0.6) is 0 Å². The molecule has 0 saturated carbocycles. The van der Waals surface area contributed by atoms with E-state index in [2.05, 4.69) is 0 Å². The maximum absolute atomic E-state index is 13.6. The Bertz CT molecular complexity index is 606. The summed E-state index contributed by atoms with van der Waals surface area (Å²) >= 11 is 5.68. The first-order valence-electron chi connectivity index (χ1n) is 4.98. The van der Waals surface area contributed by atoms with Crippen molar-refractivity contribution in [2.24, 2.45) is 0 Å². The number of benzene rings is 2. The van der Waals surface area contributed by atoms with E-state index in [4.69, 9.17) is 16.7 Å². The Labute approximate surface area is 106 Å². The second-order valence-corrected chi connectivity index (χ2v) is 4.03. The Hall–Kier alpha value is -1.94. The first-order valence-corrected chi connectivity index (χ1v) is 5.35. The minimum absolute atomic E-state index is 0.0394. The van der Waals surface area contributed by atoms with Crippen molar-refractivity contribution in [3.8, 4) is 11.1 Å². The number of carboxylic acid groups (broad SMARTS) is 1. The van der Waals surface area contributed by atoms with E-state index in [1.807, 2.05) is 0 Å². The number of carboxylic acids is 1. The van der Waals surface area contributed by atoms with Crippen molar-refractivity contribution in [3.63, 3.8) is 0 Å². The zero-order valence-electron chi connectivity index (χ0n) is 8.95. The van der Waals surface area contributed by atoms with Crippen LogP contribution in [-0.4, -0.2) is 11.1 Å². The van der Waals surface area contributed by atoms with Crippen LogP contribution in [0.15, 0.2) is 36.4 Å². The molecular formula is C13H7ClF2O2. The van der Waals surface area contributed by atoms with Crippen LogP contribution in [0.4, 0.5) is 8.78 Å². The molecule has 2 aromatic carbocycles. The fourth-order valence-electron chi connectivity index (χ4n) is 1.67. The lowest BCUT2D eigenvalue weighted by molar-refractivity contribution is 0.0697. The molecule has 0 unspecified atom stereocenters. The van der Waals surface area contributed by atoms with Crippen molar-refractivity contribution < 1.29 is 18.7 Å². The Morgan fingerprint density at radius 3 is 2.28 bits per heavy atom. The van der Waals surface area contributed by atoms with Gasteiger partial charge in [-0.2, -0.15) is 0 Å². The van der Waals surface area contributed by atoms with E-state index in [1.165, 1.54) is 18.2 Å². The zero-order chi connectivity index (χ0) is 13.3. The fourth-order valence-corrected chi connectivity index (χ4v) is 1.84. The van der Waals surface area contributed by atoms with Crippen molar-refractivity contribution in [1.29, 1.82) is 0 Å². The van der Waals surface area contributed by atoms with Crippen molar-refractivity contribution in [1.82, 2.24) is 0 Å². The molecule has 0 aliphatic carbocycles. The maximum atomic E-state index is 13.6. The first-order chi connectivity index (χ1) is 8.50. The van der Waals surface area contributed by atoms with Crippen molar-refractivity contribution in [3.05, 3.63) is 58.6 Å². The van der Waals surface area contributed by atoms with E-state index in [1.54, 1.807) is 0 Å². The summed E-state index contributed by atoms with van der Waals surface area (Å²) in [6.45, 7) is 0. The normalized spacial score (nSPS) is 10.4. The quantitative estimate of drug-likeness (QED) is 0.894. The molecule has 18 heavy (non-hydrogen) atoms. The lowest BCUT2D eigenvalue weighted by atomic mass is 9.99. The minimum atomic E-state index is -1.30. The molecule has 0 aliphatic heterocycles. The number of hydrogen-bond donors (Lipinski definition) is 1. The summed E-state index contributed by atoms with van der Waals surface area (Å²) in [6.07, 6.45) is 0. The molecule has 2 rings (SSSR count). The summed E-state index contributed by atoms with van der Waals surface area (Å²) in [5, 5.41) is 9.22. The Balaban J connectivity index is 2.75. The summed E-state index contributed by atoms with van der Waals surface area (Å²) in [7, 11) is 0. The third kappa shape index (κ3) is 2.19. The predicted molar refractivity (Wildman–Crippen MR) is 63.8 cm³/mol. The van der Waals surface area contributed by atoms with E-state index < -0.39 is 17.6 Å². The van der Waals surface area contributed by atoms with Crippen LogP contribution in [0.3, 0.4) is 0 Å². The lowest BCUT2D eigenvalue weighted by Gasteiger charge is -2.09. The van der Waals surface area contributed by atoms with Crippen LogP contribution in [-0.2, 0) is 0 Å². The molecule has 0 heterocycles. The summed E-state index contributed by atoms with van der Waals surface area (Å²) in [4.78, 5) is 11.1. The fraction of sp³-hybridized carbons (Fsp3) is 0. The summed E-state index contributed by atoms with van der Waals surface area (Å²) in [5.74, 6) is -2.94. The van der Waals surface area contributed by atoms with Gasteiger partial charge in [-0.05, 0) is 24.3 Å². The Morgan fingerprint density at radius 1 is 1.11 bits per heavy atom. The summed E-state index contributed by atoms with van der Waals surface area (Å²) in [6, 6.07) is 7.18. The molecule has 5 heteroatoms. The number of hydrogen-bond acceptors (Lipinski definition) is 1. The number of rotatable bonds is 2. The average molecular weight is 269 g/mol. The van der Waals surface area contributed by atoms with Gasteiger partial charge in [0.05, 0.1) is 11.1 Å². The molecule has 2 nitrogen and oxygen atoms in total. The maximum Gasteiger partial charge on any atom is 0.336 e. The molecule has 1 N–H and O–H groups in total. The number of halogens is 3. The molecule has 0 aliphatic rings. The van der Waals surface area contributed by atoms with E-state index >= 15 is 0 Å². The monoisotopic (exact) mass is 268 g/mol. The van der Waals surface area contributed by atoms with Crippen molar-refractivity contribution in [2.45, 2.75) is 0 Å². The van der Waals surface area contributed by atoms with Crippen LogP contribution in [0, 0.1) is 11.6 Å². The van der Waals surface area contributed by atoms with Gasteiger partial charge in [0.15, 0.2) is 0 Å². The van der Waals surface area contributed by atoms with Crippen LogP contribution in [0.25, 0.3) is 11.1 Å². The second-order valence-electron chi connectivity index (χ2n) is 3.59. The highest BCUT2D eigenvalue weighted by atomic mass is 35.5. The molecule has 0 saturated heterocycles. The van der Waals surface area contributed by atoms with Crippen LogP contribution < -0.4 is 0 Å². The van der Waals surface area contributed by atoms with Gasteiger partial charge in [0.25, 0.3) is 0 Å². The molecule has 0 radical (unpaired) electrons. The van der Waals surface area contributed by atoms with Crippen molar-refractivity contribution >= 4 is 17.6 Å². The molecular weight excluding hydrogens is 262 g/mol. The van der Waals surface area contributed by atoms with E-state index in [0.29, 0.717) is 0 Å². The molecule has 0 fully saturated rings. The van der Waals surface area contributed by atoms with E-state index in [-0.39, 0.29) is 21.7 Å². The zero-order valence-corrected chi connectivity index (χ0v) is 9.71. The summed E-state index contributed by atoms with van der Waals surface area (Å²) in [5.41, 5.74) is -0.652. The highest BCUT2D eigenvalue weighted by Crippen LogP contribution is 2.30. The highest BCUT2D eigenvalue weighted by molar-refractivity contribution is 6.31. The molecule has 0 atom stereocenters. The Morgan fingerprint density at radius 2 is 1.72 bits per heavy atom. The second kappa shape index (κ2) is 4.74. The lowest BCUT2D eigenvalue weighted by Crippen LogP contribution is -2.01. The standard InChI is InChI=1S/C13H7ClF2O2/c14-7-4-5-8(9(6-7)13(17)18)12-10(15)2-1-3-11(12)16/h1-6H,(H,17,18). The third-order valence-corrected chi connectivity index (χ3v) is 2.68. The number of carbonyl (C=O) groups is 1. The van der Waals surface area contributed by atoms with Gasteiger partial charge >= 0.3 is 5.97 Å². The largest absolute Gasteiger partial charge is 0.478 e. The summed E-state index contributed by atoms with van der Waals surface area (Å²) < 4.78 is 27.2. The van der Waals surface area contributed by atoms with Gasteiger partial charge in [0.1, 0.15) is 11.6 Å². The molecule has 92 valence electrons. The highest BCUT2D eigenvalue weighted by Gasteiger charge is 2.18. The SMILES string of the molecule is O=C(O)c1cc(Cl)ccc1-c1c(F)cccc1F. The van der Waals surface area contributed by atoms with Gasteiger partial charge in [-0.3, -0.25) is 0 Å². The Kier molecular flexibility index (Phi) is 3.30. The first kappa shape index (κ1) is 12.5. The van der Waals surface area contributed by atoms with E-state index in [9.17, 15) is 13.6 Å². The van der Waals surface area contributed by atoms with Crippen LogP contribution in [0.1, 0.15) is 10.4 Å². The van der Waals surface area contributed by atoms with Gasteiger partial charge in [-0.15, -0.1) is 0 Å². The van der Waals surface area contributed by atoms with E-state index in [0.717, 1.165) is 18.2 Å².